The second-order valence-corrected chi connectivity index (χ2v) is 19.8. The van der Waals surface area contributed by atoms with Gasteiger partial charge in [0.1, 0.15) is 0 Å². The monoisotopic (exact) mass is 734 g/mol. The van der Waals surface area contributed by atoms with Crippen LogP contribution in [0.1, 0.15) is 96.9 Å². The van der Waals surface area contributed by atoms with E-state index in [-0.39, 0.29) is 43.0 Å². The molecule has 0 spiro atoms. The van der Waals surface area contributed by atoms with Crippen LogP contribution in [0.5, 0.6) is 0 Å². The number of nitrogens with zero attached hydrogens (tertiary/aromatic N) is 4. The Morgan fingerprint density at radius 3 is 0.925 bits per heavy atom. The summed E-state index contributed by atoms with van der Waals surface area (Å²) in [5, 5.41) is 17.6. The zero-order chi connectivity index (χ0) is 39.9. The summed E-state index contributed by atoms with van der Waals surface area (Å²) in [7, 11) is -3.82. The van der Waals surface area contributed by atoms with Gasteiger partial charge >= 0.3 is 0 Å². The van der Waals surface area contributed by atoms with Crippen LogP contribution in [-0.2, 0) is 19.4 Å². The second kappa shape index (κ2) is 14.7. The van der Waals surface area contributed by atoms with Crippen LogP contribution < -0.4 is 0 Å². The molecule has 0 heterocycles. The van der Waals surface area contributed by atoms with E-state index in [2.05, 4.69) is 20.5 Å². The number of benzene rings is 2. The average Bonchev–Trinajstić information content (AvgIpc) is 3.04. The summed E-state index contributed by atoms with van der Waals surface area (Å²) in [5.41, 5.74) is 5.47. The molecule has 0 amide bonds. The summed E-state index contributed by atoms with van der Waals surface area (Å²) in [6.07, 6.45) is 7.58. The molecule has 8 nitrogen and oxygen atoms in total. The van der Waals surface area contributed by atoms with E-state index in [1.54, 1.807) is 24.3 Å². The van der Waals surface area contributed by atoms with Gasteiger partial charge in [-0.25, -0.2) is 8.42 Å². The molecule has 53 heavy (non-hydrogen) atoms. The predicted octanol–water partition coefficient (Wildman–Crippen LogP) is 12.3. The van der Waals surface area contributed by atoms with E-state index < -0.39 is 9.84 Å². The predicted molar refractivity (Wildman–Crippen MR) is 213 cm³/mol. The van der Waals surface area contributed by atoms with Crippen LogP contribution in [-0.4, -0.2) is 20.0 Å². The Labute approximate surface area is 316 Å². The molecule has 2 aliphatic carbocycles. The molecule has 0 aliphatic heterocycles. The molecule has 0 unspecified atom stereocenters. The first kappa shape index (κ1) is 41.1. The number of sulfone groups is 1. The Hall–Kier alpha value is -4.63. The Morgan fingerprint density at radius 1 is 0.453 bits per heavy atom. The van der Waals surface area contributed by atoms with E-state index >= 15 is 0 Å². The van der Waals surface area contributed by atoms with Crippen LogP contribution in [0.4, 0.5) is 11.4 Å². The fraction of sp³-hybridized carbons (Fsp3) is 0.409. The van der Waals surface area contributed by atoms with E-state index in [0.717, 1.165) is 33.4 Å². The first-order valence-electron chi connectivity index (χ1n) is 17.9. The summed E-state index contributed by atoms with van der Waals surface area (Å²) < 4.78 is 27.0. The van der Waals surface area contributed by atoms with E-state index in [1.165, 1.54) is 24.3 Å². The van der Waals surface area contributed by atoms with Gasteiger partial charge in [0.05, 0.1) is 32.6 Å². The molecule has 0 bridgehead atoms. The third-order valence-electron chi connectivity index (χ3n) is 9.17. The zero-order valence-electron chi connectivity index (χ0n) is 33.8. The van der Waals surface area contributed by atoms with Crippen LogP contribution in [0.25, 0.3) is 0 Å². The van der Waals surface area contributed by atoms with Crippen molar-refractivity contribution >= 4 is 32.8 Å². The fourth-order valence-electron chi connectivity index (χ4n) is 5.80. The van der Waals surface area contributed by atoms with E-state index in [4.69, 9.17) is 0 Å². The highest BCUT2D eigenvalue weighted by molar-refractivity contribution is 7.91. The van der Waals surface area contributed by atoms with Gasteiger partial charge in [0, 0.05) is 22.3 Å². The number of Topliss-reactive ketones (excluding diaryl/α,β-unsaturated/α-hetero) is 2. The minimum Gasteiger partial charge on any atom is -0.289 e. The number of hydrogen-bond acceptors (Lipinski definition) is 8. The summed E-state index contributed by atoms with van der Waals surface area (Å²) in [4.78, 5) is 26.8. The van der Waals surface area contributed by atoms with Crippen LogP contribution >= 0.6 is 0 Å². The number of hydrogen-bond donors (Lipinski definition) is 0. The SMILES string of the molecule is CC(N=Nc1ccc(S(=O)(=O)c2ccc(N=NC(C)=C3C=C(C(C)(C)C)C(=O)C(C(C)(C)C)=C3)cc2)cc1)=C1C=C(C(C)(C)C)C(=O)C(C(C)(C)C)=C1. The molecule has 0 saturated heterocycles. The first-order valence-corrected chi connectivity index (χ1v) is 19.4. The Balaban J connectivity index is 1.55. The fourth-order valence-corrected chi connectivity index (χ4v) is 7.07. The lowest BCUT2D eigenvalue weighted by Gasteiger charge is -2.31. The standard InChI is InChI=1S/C44H54N4O4S/c1-27(29-23-35(41(3,4)5)39(49)36(24-29)42(6,7)8)45-47-31-15-19-33(20-16-31)53(51,52)34-21-17-32(18-22-34)48-46-28(2)30-25-37(43(9,10)11)40(50)38(26-30)44(12,13)14/h15-26H,1-14H3. The van der Waals surface area contributed by atoms with Gasteiger partial charge in [-0.3, -0.25) is 9.59 Å². The van der Waals surface area contributed by atoms with Crippen LogP contribution in [0.15, 0.2) is 148 Å². The maximum absolute atomic E-state index is 13.5. The van der Waals surface area contributed by atoms with Gasteiger partial charge in [-0.2, -0.15) is 20.5 Å². The van der Waals surface area contributed by atoms with Gasteiger partial charge in [0.15, 0.2) is 11.6 Å². The van der Waals surface area contributed by atoms with Crippen molar-refractivity contribution in [2.75, 3.05) is 0 Å². The number of allylic oxidation sites excluding steroid dienone is 12. The van der Waals surface area contributed by atoms with Crippen molar-refractivity contribution in [3.63, 3.8) is 0 Å². The van der Waals surface area contributed by atoms with E-state index in [1.807, 2.05) is 121 Å². The number of carbonyl (C=O) groups excluding carboxylic acids is 2. The molecule has 0 fully saturated rings. The van der Waals surface area contributed by atoms with Crippen molar-refractivity contribution in [2.45, 2.75) is 107 Å². The molecule has 2 aromatic carbocycles. The summed E-state index contributed by atoms with van der Waals surface area (Å²) in [6, 6.07) is 12.5. The van der Waals surface area contributed by atoms with Gasteiger partial charge < -0.3 is 0 Å². The molecule has 0 saturated carbocycles. The van der Waals surface area contributed by atoms with Crippen molar-refractivity contribution < 1.29 is 18.0 Å². The molecule has 0 N–H and O–H groups in total. The summed E-state index contributed by atoms with van der Waals surface area (Å²) in [6.45, 7) is 28.0. The summed E-state index contributed by atoms with van der Waals surface area (Å²) in [5.74, 6) is 0.104. The second-order valence-electron chi connectivity index (χ2n) is 17.9. The lowest BCUT2D eigenvalue weighted by molar-refractivity contribution is -0.114. The van der Waals surface area contributed by atoms with Crippen molar-refractivity contribution in [1.82, 2.24) is 0 Å². The van der Waals surface area contributed by atoms with Crippen molar-refractivity contribution in [2.24, 2.45) is 42.1 Å². The molecule has 9 heteroatoms. The number of carbonyl (C=O) groups is 2. The molecule has 2 aromatic rings. The maximum atomic E-state index is 13.5. The molecule has 4 rings (SSSR count). The maximum Gasteiger partial charge on any atom is 0.206 e. The highest BCUT2D eigenvalue weighted by Gasteiger charge is 2.35. The van der Waals surface area contributed by atoms with Gasteiger partial charge in [-0.05, 0) is 119 Å². The van der Waals surface area contributed by atoms with Crippen molar-refractivity contribution in [3.05, 3.63) is 118 Å². The number of azo groups is 2. The topological polar surface area (TPSA) is 118 Å². The Morgan fingerprint density at radius 2 is 0.698 bits per heavy atom. The molecular formula is C44H54N4O4S. The largest absolute Gasteiger partial charge is 0.289 e. The van der Waals surface area contributed by atoms with Crippen LogP contribution in [0.2, 0.25) is 0 Å². The highest BCUT2D eigenvalue weighted by Crippen LogP contribution is 2.41. The minimum atomic E-state index is -3.82. The molecule has 0 atom stereocenters. The molecule has 0 aromatic heterocycles. The smallest absolute Gasteiger partial charge is 0.206 e. The Kier molecular flexibility index (Phi) is 11.4. The first-order chi connectivity index (χ1) is 24.2. The van der Waals surface area contributed by atoms with Crippen LogP contribution in [0.3, 0.4) is 0 Å². The van der Waals surface area contributed by atoms with Gasteiger partial charge in [-0.1, -0.05) is 83.1 Å². The van der Waals surface area contributed by atoms with Gasteiger partial charge in [0.25, 0.3) is 0 Å². The lowest BCUT2D eigenvalue weighted by Crippen LogP contribution is -2.28. The molecule has 0 radical (unpaired) electrons. The quantitative estimate of drug-likeness (QED) is 0.274. The molecular weight excluding hydrogens is 681 g/mol. The van der Waals surface area contributed by atoms with Crippen molar-refractivity contribution in [1.29, 1.82) is 0 Å². The van der Waals surface area contributed by atoms with Gasteiger partial charge in [-0.15, -0.1) is 0 Å². The molecule has 2 aliphatic rings. The normalized spacial score (nSPS) is 16.6. The number of rotatable bonds is 6. The van der Waals surface area contributed by atoms with Crippen molar-refractivity contribution in [3.8, 4) is 0 Å². The van der Waals surface area contributed by atoms with E-state index in [0.29, 0.717) is 22.8 Å². The lowest BCUT2D eigenvalue weighted by atomic mass is 9.72. The zero-order valence-corrected chi connectivity index (χ0v) is 34.6. The minimum absolute atomic E-state index is 0.0519. The number of ketones is 2. The summed E-state index contributed by atoms with van der Waals surface area (Å²) >= 11 is 0. The third-order valence-corrected chi connectivity index (χ3v) is 11.0. The van der Waals surface area contributed by atoms with Gasteiger partial charge in [0.2, 0.25) is 9.84 Å². The average molecular weight is 735 g/mol. The highest BCUT2D eigenvalue weighted by atomic mass is 32.2. The molecule has 280 valence electrons. The van der Waals surface area contributed by atoms with Crippen LogP contribution in [0, 0.1) is 21.7 Å². The van der Waals surface area contributed by atoms with E-state index in [9.17, 15) is 18.0 Å². The third kappa shape index (κ3) is 9.49. The Bertz CT molecular complexity index is 1950.